The minimum Gasteiger partial charge on any atom is -0.397 e. The summed E-state index contributed by atoms with van der Waals surface area (Å²) >= 11 is 0. The Morgan fingerprint density at radius 3 is 2.59 bits per heavy atom. The van der Waals surface area contributed by atoms with Gasteiger partial charge in [-0.3, -0.25) is 4.98 Å². The summed E-state index contributed by atoms with van der Waals surface area (Å²) < 4.78 is 24.8. The van der Waals surface area contributed by atoms with Gasteiger partial charge in [-0.05, 0) is 19.9 Å². The van der Waals surface area contributed by atoms with E-state index in [1.807, 2.05) is 0 Å². The lowest BCUT2D eigenvalue weighted by molar-refractivity contribution is 0.476. The van der Waals surface area contributed by atoms with Crippen LogP contribution < -0.4 is 15.8 Å². The smallest absolute Gasteiger partial charge is 0.209 e. The third-order valence-corrected chi connectivity index (χ3v) is 2.88. The SMILES string of the molecule is CC(C)(CNc1cncc(N)c1)NS(C)(=O)=O. The van der Waals surface area contributed by atoms with Gasteiger partial charge < -0.3 is 11.1 Å². The summed E-state index contributed by atoms with van der Waals surface area (Å²) in [6, 6.07) is 1.74. The van der Waals surface area contributed by atoms with Crippen LogP contribution in [0.4, 0.5) is 11.4 Å². The molecule has 0 amide bonds. The normalized spacial score (nSPS) is 12.4. The molecule has 0 aliphatic rings. The molecule has 0 bridgehead atoms. The van der Waals surface area contributed by atoms with E-state index in [9.17, 15) is 8.42 Å². The van der Waals surface area contributed by atoms with Crippen molar-refractivity contribution in [1.82, 2.24) is 9.71 Å². The molecule has 96 valence electrons. The number of nitrogen functional groups attached to an aromatic ring is 1. The highest BCUT2D eigenvalue weighted by atomic mass is 32.2. The van der Waals surface area contributed by atoms with Crippen LogP contribution in [0.1, 0.15) is 13.8 Å². The van der Waals surface area contributed by atoms with Crippen LogP contribution in [0.5, 0.6) is 0 Å². The van der Waals surface area contributed by atoms with E-state index in [2.05, 4.69) is 15.0 Å². The predicted molar refractivity (Wildman–Crippen MR) is 69.2 cm³/mol. The highest BCUT2D eigenvalue weighted by molar-refractivity contribution is 7.88. The Labute approximate surface area is 102 Å². The zero-order chi connectivity index (χ0) is 13.1. The Morgan fingerprint density at radius 2 is 2.06 bits per heavy atom. The van der Waals surface area contributed by atoms with Gasteiger partial charge >= 0.3 is 0 Å². The fourth-order valence-electron chi connectivity index (χ4n) is 1.42. The van der Waals surface area contributed by atoms with Crippen molar-refractivity contribution in [2.75, 3.05) is 23.9 Å². The largest absolute Gasteiger partial charge is 0.397 e. The van der Waals surface area contributed by atoms with E-state index in [-0.39, 0.29) is 0 Å². The molecular weight excluding hydrogens is 240 g/mol. The van der Waals surface area contributed by atoms with Crippen LogP contribution in [0, 0.1) is 0 Å². The average Bonchev–Trinajstić information content (AvgIpc) is 2.11. The summed E-state index contributed by atoms with van der Waals surface area (Å²) in [6.07, 6.45) is 4.31. The van der Waals surface area contributed by atoms with E-state index in [0.717, 1.165) is 11.9 Å². The molecule has 1 rings (SSSR count). The fourth-order valence-corrected chi connectivity index (χ4v) is 2.49. The van der Waals surface area contributed by atoms with Crippen LogP contribution >= 0.6 is 0 Å². The molecule has 0 saturated heterocycles. The van der Waals surface area contributed by atoms with E-state index in [1.165, 1.54) is 0 Å². The number of pyridine rings is 1. The zero-order valence-electron chi connectivity index (χ0n) is 10.2. The maximum absolute atomic E-state index is 11.1. The molecule has 0 aliphatic carbocycles. The summed E-state index contributed by atoms with van der Waals surface area (Å²) in [5.41, 5.74) is 6.32. The molecule has 0 fully saturated rings. The van der Waals surface area contributed by atoms with Crippen molar-refractivity contribution in [3.8, 4) is 0 Å². The standard InChI is InChI=1S/C10H18N4O2S/c1-10(2,14-17(3,15)16)7-13-9-4-8(11)5-12-6-9/h4-6,13-14H,7,11H2,1-3H3. The van der Waals surface area contributed by atoms with E-state index >= 15 is 0 Å². The van der Waals surface area contributed by atoms with E-state index < -0.39 is 15.6 Å². The fraction of sp³-hybridized carbons (Fsp3) is 0.500. The minimum absolute atomic E-state index is 0.436. The number of nitrogens with one attached hydrogen (secondary N) is 2. The lowest BCUT2D eigenvalue weighted by atomic mass is 10.1. The van der Waals surface area contributed by atoms with Crippen molar-refractivity contribution in [1.29, 1.82) is 0 Å². The van der Waals surface area contributed by atoms with Gasteiger partial charge in [0.2, 0.25) is 10.0 Å². The summed E-state index contributed by atoms with van der Waals surface area (Å²) in [7, 11) is -3.22. The lowest BCUT2D eigenvalue weighted by Crippen LogP contribution is -2.47. The average molecular weight is 258 g/mol. The number of hydrogen-bond donors (Lipinski definition) is 3. The second kappa shape index (κ2) is 4.89. The molecule has 1 aromatic rings. The Morgan fingerprint density at radius 1 is 1.41 bits per heavy atom. The van der Waals surface area contributed by atoms with Gasteiger partial charge in [-0.25, -0.2) is 13.1 Å². The lowest BCUT2D eigenvalue weighted by Gasteiger charge is -2.25. The molecule has 1 aromatic heterocycles. The summed E-state index contributed by atoms with van der Waals surface area (Å²) in [4.78, 5) is 3.93. The van der Waals surface area contributed by atoms with Gasteiger partial charge in [-0.1, -0.05) is 0 Å². The summed E-state index contributed by atoms with van der Waals surface area (Å²) in [5, 5.41) is 3.08. The maximum Gasteiger partial charge on any atom is 0.209 e. The van der Waals surface area contributed by atoms with Crippen LogP contribution in [0.3, 0.4) is 0 Å². The Hall–Kier alpha value is -1.34. The summed E-state index contributed by atoms with van der Waals surface area (Å²) in [6.45, 7) is 4.02. The number of nitrogens with zero attached hydrogens (tertiary/aromatic N) is 1. The van der Waals surface area contributed by atoms with Gasteiger partial charge in [-0.2, -0.15) is 0 Å². The van der Waals surface area contributed by atoms with Gasteiger partial charge in [0.05, 0.1) is 23.8 Å². The molecule has 0 saturated carbocycles. The van der Waals surface area contributed by atoms with Crippen LogP contribution in [-0.2, 0) is 10.0 Å². The molecular formula is C10H18N4O2S. The monoisotopic (exact) mass is 258 g/mol. The third kappa shape index (κ3) is 5.50. The molecule has 17 heavy (non-hydrogen) atoms. The van der Waals surface area contributed by atoms with Crippen LogP contribution in [-0.4, -0.2) is 31.7 Å². The first-order chi connectivity index (χ1) is 7.68. The van der Waals surface area contributed by atoms with Gasteiger partial charge in [-0.15, -0.1) is 0 Å². The van der Waals surface area contributed by atoms with Crippen molar-refractivity contribution in [2.24, 2.45) is 0 Å². The van der Waals surface area contributed by atoms with E-state index in [4.69, 9.17) is 5.73 Å². The molecule has 0 aliphatic heterocycles. The van der Waals surface area contributed by atoms with Crippen LogP contribution in [0.15, 0.2) is 18.5 Å². The molecule has 4 N–H and O–H groups in total. The second-order valence-electron chi connectivity index (χ2n) is 4.62. The first-order valence-corrected chi connectivity index (χ1v) is 7.00. The Kier molecular flexibility index (Phi) is 3.94. The molecule has 1 heterocycles. The Bertz CT molecular complexity index is 485. The van der Waals surface area contributed by atoms with Crippen molar-refractivity contribution in [3.05, 3.63) is 18.5 Å². The molecule has 6 nitrogen and oxygen atoms in total. The number of anilines is 2. The van der Waals surface area contributed by atoms with Crippen molar-refractivity contribution in [2.45, 2.75) is 19.4 Å². The van der Waals surface area contributed by atoms with E-state index in [1.54, 1.807) is 32.3 Å². The number of rotatable bonds is 5. The van der Waals surface area contributed by atoms with E-state index in [0.29, 0.717) is 12.2 Å². The first kappa shape index (κ1) is 13.7. The Balaban J connectivity index is 2.61. The number of nitrogens with two attached hydrogens (primary N) is 1. The topological polar surface area (TPSA) is 97.1 Å². The summed E-state index contributed by atoms with van der Waals surface area (Å²) in [5.74, 6) is 0. The second-order valence-corrected chi connectivity index (χ2v) is 6.37. The predicted octanol–water partition coefficient (Wildman–Crippen LogP) is 0.404. The maximum atomic E-state index is 11.1. The van der Waals surface area contributed by atoms with Gasteiger partial charge in [0.25, 0.3) is 0 Å². The molecule has 0 atom stereocenters. The van der Waals surface area contributed by atoms with Gasteiger partial charge in [0, 0.05) is 18.3 Å². The van der Waals surface area contributed by atoms with Crippen molar-refractivity contribution in [3.63, 3.8) is 0 Å². The van der Waals surface area contributed by atoms with Crippen molar-refractivity contribution < 1.29 is 8.42 Å². The minimum atomic E-state index is -3.22. The van der Waals surface area contributed by atoms with Crippen molar-refractivity contribution >= 4 is 21.4 Å². The van der Waals surface area contributed by atoms with Gasteiger partial charge in [0.15, 0.2) is 0 Å². The van der Waals surface area contributed by atoms with Gasteiger partial charge in [0.1, 0.15) is 0 Å². The highest BCUT2D eigenvalue weighted by Gasteiger charge is 2.21. The molecule has 0 unspecified atom stereocenters. The number of sulfonamides is 1. The highest BCUT2D eigenvalue weighted by Crippen LogP contribution is 2.11. The molecule has 0 radical (unpaired) electrons. The quantitative estimate of drug-likeness (QED) is 0.710. The molecule has 0 spiro atoms. The third-order valence-electron chi connectivity index (χ3n) is 1.96. The van der Waals surface area contributed by atoms with Crippen LogP contribution in [0.2, 0.25) is 0 Å². The number of hydrogen-bond acceptors (Lipinski definition) is 5. The molecule has 7 heteroatoms. The number of aromatic nitrogens is 1. The first-order valence-electron chi connectivity index (χ1n) is 5.11. The zero-order valence-corrected chi connectivity index (χ0v) is 11.0. The molecule has 0 aromatic carbocycles. The van der Waals surface area contributed by atoms with Crippen LogP contribution in [0.25, 0.3) is 0 Å².